The molecule has 0 aromatic heterocycles. The van der Waals surface area contributed by atoms with Gasteiger partial charge in [0.15, 0.2) is 9.84 Å². The minimum Gasteiger partial charge on any atom is -0.224 e. The molecule has 0 amide bonds. The van der Waals surface area contributed by atoms with Crippen LogP contribution >= 0.6 is 15.9 Å². The van der Waals surface area contributed by atoms with Crippen LogP contribution < -0.4 is 0 Å². The van der Waals surface area contributed by atoms with E-state index in [4.69, 9.17) is 0 Å². The van der Waals surface area contributed by atoms with Gasteiger partial charge in [-0.25, -0.2) is 8.42 Å². The first kappa shape index (κ1) is 11.7. The highest BCUT2D eigenvalue weighted by Crippen LogP contribution is 2.22. The molecule has 0 N–H and O–H groups in total. The van der Waals surface area contributed by atoms with Gasteiger partial charge in [0.1, 0.15) is 0 Å². The van der Waals surface area contributed by atoms with Crippen LogP contribution in [0.25, 0.3) is 0 Å². The molecule has 4 heteroatoms. The molecule has 0 aliphatic carbocycles. The quantitative estimate of drug-likeness (QED) is 0.847. The molecule has 2 nitrogen and oxygen atoms in total. The summed E-state index contributed by atoms with van der Waals surface area (Å²) in [6.07, 6.45) is 1.60. The van der Waals surface area contributed by atoms with Crippen molar-refractivity contribution in [2.45, 2.75) is 24.7 Å². The molecule has 0 unspecified atom stereocenters. The molecule has 0 heterocycles. The standard InChI is InChI=1S/C10H13BrO2S/c1-2-3-8-14(12,13)10-7-5-4-6-9(10)11/h4-7H,2-3,8H2,1H3. The fraction of sp³-hybridized carbons (Fsp3) is 0.400. The van der Waals surface area contributed by atoms with Crippen molar-refractivity contribution in [3.63, 3.8) is 0 Å². The Hall–Kier alpha value is -0.350. The Morgan fingerprint density at radius 2 is 1.93 bits per heavy atom. The molecular weight excluding hydrogens is 264 g/mol. The second-order valence-corrected chi connectivity index (χ2v) is 6.03. The van der Waals surface area contributed by atoms with E-state index in [1.807, 2.05) is 13.0 Å². The van der Waals surface area contributed by atoms with Crippen LogP contribution in [0.15, 0.2) is 33.6 Å². The first-order valence-electron chi connectivity index (χ1n) is 4.55. The Bertz CT molecular complexity index is 398. The summed E-state index contributed by atoms with van der Waals surface area (Å²) >= 11 is 3.24. The number of halogens is 1. The zero-order valence-electron chi connectivity index (χ0n) is 8.03. The van der Waals surface area contributed by atoms with Crippen molar-refractivity contribution < 1.29 is 8.42 Å². The zero-order chi connectivity index (χ0) is 10.6. The van der Waals surface area contributed by atoms with E-state index in [1.165, 1.54) is 0 Å². The van der Waals surface area contributed by atoms with E-state index in [1.54, 1.807) is 18.2 Å². The van der Waals surface area contributed by atoms with E-state index < -0.39 is 9.84 Å². The maximum Gasteiger partial charge on any atom is 0.179 e. The van der Waals surface area contributed by atoms with Gasteiger partial charge in [0, 0.05) is 4.47 Å². The Balaban J connectivity index is 2.99. The number of hydrogen-bond acceptors (Lipinski definition) is 2. The first-order valence-corrected chi connectivity index (χ1v) is 6.99. The SMILES string of the molecule is CCCCS(=O)(=O)c1ccccc1Br. The average molecular weight is 277 g/mol. The van der Waals surface area contributed by atoms with E-state index in [-0.39, 0.29) is 5.75 Å². The van der Waals surface area contributed by atoms with Crippen molar-refractivity contribution in [1.82, 2.24) is 0 Å². The van der Waals surface area contributed by atoms with Crippen LogP contribution in [-0.4, -0.2) is 14.2 Å². The number of hydrogen-bond donors (Lipinski definition) is 0. The monoisotopic (exact) mass is 276 g/mol. The van der Waals surface area contributed by atoms with Crippen molar-refractivity contribution in [2.24, 2.45) is 0 Å². The predicted molar refractivity (Wildman–Crippen MR) is 61.1 cm³/mol. The molecule has 1 aromatic carbocycles. The molecule has 0 fully saturated rings. The lowest BCUT2D eigenvalue weighted by atomic mass is 10.4. The van der Waals surface area contributed by atoms with Gasteiger partial charge in [-0.15, -0.1) is 0 Å². The summed E-state index contributed by atoms with van der Waals surface area (Å²) in [5, 5.41) is 0. The van der Waals surface area contributed by atoms with Crippen molar-refractivity contribution in [2.75, 3.05) is 5.75 Å². The fourth-order valence-corrected chi connectivity index (χ4v) is 3.71. The summed E-state index contributed by atoms with van der Waals surface area (Å²) in [7, 11) is -3.10. The van der Waals surface area contributed by atoms with Crippen molar-refractivity contribution >= 4 is 25.8 Å². The maximum atomic E-state index is 11.8. The van der Waals surface area contributed by atoms with Gasteiger partial charge in [0.2, 0.25) is 0 Å². The van der Waals surface area contributed by atoms with Gasteiger partial charge in [-0.05, 0) is 34.5 Å². The fourth-order valence-electron chi connectivity index (χ4n) is 1.14. The average Bonchev–Trinajstić information content (AvgIpc) is 2.15. The van der Waals surface area contributed by atoms with Gasteiger partial charge in [0.25, 0.3) is 0 Å². The second-order valence-electron chi connectivity index (χ2n) is 3.10. The van der Waals surface area contributed by atoms with Crippen LogP contribution in [0.2, 0.25) is 0 Å². The Labute approximate surface area is 93.4 Å². The van der Waals surface area contributed by atoms with Crippen molar-refractivity contribution in [1.29, 1.82) is 0 Å². The highest BCUT2D eigenvalue weighted by molar-refractivity contribution is 9.10. The first-order chi connectivity index (χ1) is 6.58. The van der Waals surface area contributed by atoms with Crippen molar-refractivity contribution in [3.05, 3.63) is 28.7 Å². The molecule has 78 valence electrons. The van der Waals surface area contributed by atoms with Gasteiger partial charge in [0.05, 0.1) is 10.6 Å². The van der Waals surface area contributed by atoms with Gasteiger partial charge in [-0.2, -0.15) is 0 Å². The lowest BCUT2D eigenvalue weighted by Gasteiger charge is -2.04. The smallest absolute Gasteiger partial charge is 0.179 e. The zero-order valence-corrected chi connectivity index (χ0v) is 10.4. The molecule has 0 aliphatic rings. The maximum absolute atomic E-state index is 11.8. The van der Waals surface area contributed by atoms with Crippen LogP contribution in [0.3, 0.4) is 0 Å². The lowest BCUT2D eigenvalue weighted by molar-refractivity contribution is 0.592. The Kier molecular flexibility index (Phi) is 4.13. The van der Waals surface area contributed by atoms with Crippen LogP contribution in [0.4, 0.5) is 0 Å². The molecule has 14 heavy (non-hydrogen) atoms. The molecule has 0 spiro atoms. The van der Waals surface area contributed by atoms with E-state index in [2.05, 4.69) is 15.9 Å². The molecule has 1 rings (SSSR count). The third kappa shape index (κ3) is 2.82. The summed E-state index contributed by atoms with van der Waals surface area (Å²) in [4.78, 5) is 0.397. The highest BCUT2D eigenvalue weighted by atomic mass is 79.9. The molecule has 0 saturated carbocycles. The lowest BCUT2D eigenvalue weighted by Crippen LogP contribution is -2.07. The predicted octanol–water partition coefficient (Wildman–Crippen LogP) is 3.02. The van der Waals surface area contributed by atoms with Gasteiger partial charge >= 0.3 is 0 Å². The third-order valence-electron chi connectivity index (χ3n) is 1.94. The molecule has 0 bridgehead atoms. The van der Waals surface area contributed by atoms with E-state index in [0.717, 1.165) is 6.42 Å². The van der Waals surface area contributed by atoms with Crippen molar-refractivity contribution in [3.8, 4) is 0 Å². The van der Waals surface area contributed by atoms with E-state index in [9.17, 15) is 8.42 Å². The summed E-state index contributed by atoms with van der Waals surface area (Å²) < 4.78 is 24.2. The summed E-state index contributed by atoms with van der Waals surface area (Å²) in [6, 6.07) is 6.93. The summed E-state index contributed by atoms with van der Waals surface area (Å²) in [5.74, 6) is 0.228. The number of benzene rings is 1. The molecule has 0 aliphatic heterocycles. The molecule has 0 atom stereocenters. The Morgan fingerprint density at radius 3 is 2.50 bits per heavy atom. The van der Waals surface area contributed by atoms with Crippen LogP contribution in [0.1, 0.15) is 19.8 Å². The van der Waals surface area contributed by atoms with Crippen LogP contribution in [0, 0.1) is 0 Å². The van der Waals surface area contributed by atoms with Gasteiger partial charge < -0.3 is 0 Å². The molecule has 0 radical (unpaired) electrons. The van der Waals surface area contributed by atoms with Crippen LogP contribution in [0.5, 0.6) is 0 Å². The second kappa shape index (κ2) is 4.94. The normalized spacial score (nSPS) is 11.6. The number of rotatable bonds is 4. The van der Waals surface area contributed by atoms with E-state index in [0.29, 0.717) is 15.8 Å². The highest BCUT2D eigenvalue weighted by Gasteiger charge is 2.15. The van der Waals surface area contributed by atoms with Gasteiger partial charge in [-0.3, -0.25) is 0 Å². The largest absolute Gasteiger partial charge is 0.224 e. The molecule has 1 aromatic rings. The summed E-state index contributed by atoms with van der Waals surface area (Å²) in [5.41, 5.74) is 0. The number of sulfone groups is 1. The summed E-state index contributed by atoms with van der Waals surface area (Å²) in [6.45, 7) is 1.98. The minimum absolute atomic E-state index is 0.228. The number of unbranched alkanes of at least 4 members (excludes halogenated alkanes) is 1. The third-order valence-corrected chi connectivity index (χ3v) is 4.74. The molecule has 0 saturated heterocycles. The van der Waals surface area contributed by atoms with E-state index >= 15 is 0 Å². The topological polar surface area (TPSA) is 34.1 Å². The minimum atomic E-state index is -3.10. The Morgan fingerprint density at radius 1 is 1.29 bits per heavy atom. The molecular formula is C10H13BrO2S. The van der Waals surface area contributed by atoms with Crippen LogP contribution in [-0.2, 0) is 9.84 Å². The van der Waals surface area contributed by atoms with Gasteiger partial charge in [-0.1, -0.05) is 25.5 Å².